The van der Waals surface area contributed by atoms with Gasteiger partial charge < -0.3 is 15.2 Å². The van der Waals surface area contributed by atoms with Crippen LogP contribution in [0, 0.1) is 0 Å². The van der Waals surface area contributed by atoms with Crippen LogP contribution in [0.1, 0.15) is 31.3 Å². The van der Waals surface area contributed by atoms with Crippen molar-refractivity contribution in [3.63, 3.8) is 0 Å². The van der Waals surface area contributed by atoms with E-state index >= 15 is 0 Å². The summed E-state index contributed by atoms with van der Waals surface area (Å²) < 4.78 is 31.2. The van der Waals surface area contributed by atoms with E-state index in [4.69, 9.17) is 9.84 Å². The van der Waals surface area contributed by atoms with Gasteiger partial charge in [-0.05, 0) is 20.8 Å². The number of aliphatic hydroxyl groups excluding tert-OH is 1. The van der Waals surface area contributed by atoms with Crippen molar-refractivity contribution in [2.75, 3.05) is 13.2 Å². The van der Waals surface area contributed by atoms with Crippen molar-refractivity contribution in [1.82, 2.24) is 20.3 Å². The van der Waals surface area contributed by atoms with Crippen molar-refractivity contribution in [3.05, 3.63) is 11.9 Å². The van der Waals surface area contributed by atoms with Gasteiger partial charge in [0.15, 0.2) is 5.69 Å². The number of esters is 1. The fourth-order valence-corrected chi connectivity index (χ4v) is 1.22. The molecule has 1 amide bonds. The van der Waals surface area contributed by atoms with Crippen molar-refractivity contribution in [2.45, 2.75) is 32.4 Å². The van der Waals surface area contributed by atoms with E-state index in [2.05, 4.69) is 15.6 Å². The summed E-state index contributed by atoms with van der Waals surface area (Å²) in [5.41, 5.74) is -1.11. The highest BCUT2D eigenvalue weighted by Crippen LogP contribution is 2.17. The molecule has 1 aromatic heterocycles. The molecule has 10 heteroatoms. The molecule has 0 radical (unpaired) electrons. The Hall–Kier alpha value is -2.10. The maximum atomic E-state index is 13.1. The average molecular weight is 306 g/mol. The van der Waals surface area contributed by atoms with Gasteiger partial charge in [-0.3, -0.25) is 9.59 Å². The van der Waals surface area contributed by atoms with Crippen LogP contribution in [0.15, 0.2) is 6.20 Å². The summed E-state index contributed by atoms with van der Waals surface area (Å²) >= 11 is 0. The Morgan fingerprint density at radius 2 is 2.05 bits per heavy atom. The third kappa shape index (κ3) is 5.06. The van der Waals surface area contributed by atoms with Crippen molar-refractivity contribution in [2.24, 2.45) is 0 Å². The predicted molar refractivity (Wildman–Crippen MR) is 65.5 cm³/mol. The van der Waals surface area contributed by atoms with Crippen LogP contribution in [0.4, 0.5) is 8.78 Å². The number of aliphatic hydroxyl groups is 1. The van der Waals surface area contributed by atoms with E-state index < -0.39 is 42.4 Å². The molecule has 0 fully saturated rings. The van der Waals surface area contributed by atoms with Gasteiger partial charge in [0.1, 0.15) is 18.8 Å². The van der Waals surface area contributed by atoms with Crippen molar-refractivity contribution < 1.29 is 28.2 Å². The molecule has 0 saturated carbocycles. The number of halogens is 2. The molecule has 1 rings (SSSR count). The number of carbonyl (C=O) groups is 2. The zero-order valence-electron chi connectivity index (χ0n) is 11.8. The summed E-state index contributed by atoms with van der Waals surface area (Å²) in [6.45, 7) is 3.08. The number of hydrogen-bond donors (Lipinski definition) is 2. The van der Waals surface area contributed by atoms with Gasteiger partial charge in [-0.1, -0.05) is 5.21 Å². The molecular weight excluding hydrogens is 290 g/mol. The molecule has 0 bridgehead atoms. The molecule has 1 aromatic rings. The van der Waals surface area contributed by atoms with Crippen molar-refractivity contribution in [1.29, 1.82) is 0 Å². The van der Waals surface area contributed by atoms with E-state index in [0.29, 0.717) is 6.20 Å². The number of carbonyl (C=O) groups excluding carboxylic acids is 2. The van der Waals surface area contributed by atoms with Gasteiger partial charge >= 0.3 is 12.0 Å². The standard InChI is InChI=1S/C11H16F2N4O4/c1-10(2,3)21-8(19)4-14-9(20)7-5-17(16-15-7)11(12,13)6-18/h5,18H,4,6H2,1-3H3,(H,14,20). The molecule has 0 unspecified atom stereocenters. The number of nitrogens with one attached hydrogen (secondary N) is 1. The molecule has 0 aliphatic carbocycles. The number of ether oxygens (including phenoxy) is 1. The minimum absolute atomic E-state index is 0.0649. The lowest BCUT2D eigenvalue weighted by Gasteiger charge is -2.19. The van der Waals surface area contributed by atoms with Gasteiger partial charge in [0.25, 0.3) is 5.91 Å². The highest BCUT2D eigenvalue weighted by Gasteiger charge is 2.32. The summed E-state index contributed by atoms with van der Waals surface area (Å²) in [6.07, 6.45) is 0.667. The summed E-state index contributed by atoms with van der Waals surface area (Å²) in [7, 11) is 0. The lowest BCUT2D eigenvalue weighted by molar-refractivity contribution is -0.153. The molecule has 1 heterocycles. The molecule has 0 spiro atoms. The van der Waals surface area contributed by atoms with Gasteiger partial charge in [0, 0.05) is 0 Å². The van der Waals surface area contributed by atoms with Gasteiger partial charge in [-0.2, -0.15) is 13.5 Å². The van der Waals surface area contributed by atoms with E-state index in [1.165, 1.54) is 0 Å². The molecule has 118 valence electrons. The quantitative estimate of drug-likeness (QED) is 0.735. The van der Waals surface area contributed by atoms with Crippen LogP contribution in [0.3, 0.4) is 0 Å². The molecule has 0 atom stereocenters. The monoisotopic (exact) mass is 306 g/mol. The Balaban J connectivity index is 2.59. The molecule has 0 aliphatic rings. The fourth-order valence-electron chi connectivity index (χ4n) is 1.22. The Morgan fingerprint density at radius 3 is 2.57 bits per heavy atom. The van der Waals surface area contributed by atoms with Crippen LogP contribution < -0.4 is 5.32 Å². The summed E-state index contributed by atoms with van der Waals surface area (Å²) in [5, 5.41) is 16.9. The zero-order valence-corrected chi connectivity index (χ0v) is 11.8. The predicted octanol–water partition coefficient (Wildman–Crippen LogP) is -0.109. The van der Waals surface area contributed by atoms with Crippen LogP contribution in [0.2, 0.25) is 0 Å². The highest BCUT2D eigenvalue weighted by atomic mass is 19.3. The van der Waals surface area contributed by atoms with Crippen molar-refractivity contribution in [3.8, 4) is 0 Å². The van der Waals surface area contributed by atoms with E-state index in [1.807, 2.05) is 0 Å². The Bertz CT molecular complexity index is 525. The lowest BCUT2D eigenvalue weighted by atomic mass is 10.2. The number of alkyl halides is 2. The Labute approximate surface area is 119 Å². The van der Waals surface area contributed by atoms with Gasteiger partial charge in [0.05, 0.1) is 6.20 Å². The lowest BCUT2D eigenvalue weighted by Crippen LogP contribution is -2.34. The SMILES string of the molecule is CC(C)(C)OC(=O)CNC(=O)c1cn(C(F)(F)CO)nn1. The second-order valence-corrected chi connectivity index (χ2v) is 5.14. The van der Waals surface area contributed by atoms with Gasteiger partial charge in [0.2, 0.25) is 0 Å². The smallest absolute Gasteiger partial charge is 0.367 e. The largest absolute Gasteiger partial charge is 0.459 e. The van der Waals surface area contributed by atoms with E-state index in [-0.39, 0.29) is 4.68 Å². The molecular formula is C11H16F2N4O4. The van der Waals surface area contributed by atoms with Gasteiger partial charge in [-0.15, -0.1) is 5.10 Å². The number of nitrogens with zero attached hydrogens (tertiary/aromatic N) is 3. The Morgan fingerprint density at radius 1 is 1.43 bits per heavy atom. The first-order chi connectivity index (χ1) is 9.55. The topological polar surface area (TPSA) is 106 Å². The maximum Gasteiger partial charge on any atom is 0.367 e. The molecule has 0 aliphatic heterocycles. The van der Waals surface area contributed by atoms with Crippen molar-refractivity contribution >= 4 is 11.9 Å². The van der Waals surface area contributed by atoms with Crippen LogP contribution in [-0.2, 0) is 15.6 Å². The molecule has 0 aromatic carbocycles. The highest BCUT2D eigenvalue weighted by molar-refractivity contribution is 5.93. The Kier molecular flexibility index (Phi) is 4.94. The zero-order chi connectivity index (χ0) is 16.3. The van der Waals surface area contributed by atoms with Crippen LogP contribution in [-0.4, -0.2) is 50.7 Å². The minimum atomic E-state index is -3.66. The van der Waals surface area contributed by atoms with E-state index in [0.717, 1.165) is 0 Å². The second-order valence-electron chi connectivity index (χ2n) is 5.14. The summed E-state index contributed by atoms with van der Waals surface area (Å²) in [6, 6.07) is -3.66. The first-order valence-corrected chi connectivity index (χ1v) is 5.97. The third-order valence-electron chi connectivity index (χ3n) is 2.06. The number of hydrogen-bond acceptors (Lipinski definition) is 6. The molecule has 8 nitrogen and oxygen atoms in total. The first kappa shape index (κ1) is 17.0. The van der Waals surface area contributed by atoms with E-state index in [9.17, 15) is 18.4 Å². The second kappa shape index (κ2) is 6.12. The first-order valence-electron chi connectivity index (χ1n) is 5.97. The molecule has 21 heavy (non-hydrogen) atoms. The third-order valence-corrected chi connectivity index (χ3v) is 2.06. The maximum absolute atomic E-state index is 13.1. The normalized spacial score (nSPS) is 12.1. The van der Waals surface area contributed by atoms with Crippen LogP contribution in [0.5, 0.6) is 0 Å². The minimum Gasteiger partial charge on any atom is -0.459 e. The number of rotatable bonds is 5. The summed E-state index contributed by atoms with van der Waals surface area (Å²) in [5.74, 6) is -1.54. The molecule has 2 N–H and O–H groups in total. The van der Waals surface area contributed by atoms with E-state index in [1.54, 1.807) is 20.8 Å². The fraction of sp³-hybridized carbons (Fsp3) is 0.636. The van der Waals surface area contributed by atoms with Crippen LogP contribution >= 0.6 is 0 Å². The molecule has 0 saturated heterocycles. The summed E-state index contributed by atoms with van der Waals surface area (Å²) in [4.78, 5) is 23.0. The average Bonchev–Trinajstić information content (AvgIpc) is 2.84. The van der Waals surface area contributed by atoms with Gasteiger partial charge in [-0.25, -0.2) is 0 Å². The van der Waals surface area contributed by atoms with Crippen LogP contribution in [0.25, 0.3) is 0 Å². The number of aromatic nitrogens is 3. The number of amides is 1.